The lowest BCUT2D eigenvalue weighted by Gasteiger charge is -2.23. The second-order valence-electron chi connectivity index (χ2n) is 6.62. The zero-order chi connectivity index (χ0) is 19.4. The number of rotatable bonds is 8. The van der Waals surface area contributed by atoms with E-state index in [4.69, 9.17) is 9.47 Å². The van der Waals surface area contributed by atoms with Gasteiger partial charge in [-0.15, -0.1) is 0 Å². The van der Waals surface area contributed by atoms with Gasteiger partial charge in [-0.2, -0.15) is 5.10 Å². The van der Waals surface area contributed by atoms with Crippen LogP contribution >= 0.6 is 0 Å². The van der Waals surface area contributed by atoms with Gasteiger partial charge in [-0.3, -0.25) is 9.59 Å². The fraction of sp³-hybridized carbons (Fsp3) is 0.450. The summed E-state index contributed by atoms with van der Waals surface area (Å²) in [6, 6.07) is 8.65. The van der Waals surface area contributed by atoms with Gasteiger partial charge in [0.1, 0.15) is 17.2 Å². The highest BCUT2D eigenvalue weighted by molar-refractivity contribution is 5.92. The van der Waals surface area contributed by atoms with Gasteiger partial charge < -0.3 is 14.4 Å². The Hall–Kier alpha value is -2.83. The van der Waals surface area contributed by atoms with Crippen molar-refractivity contribution in [3.05, 3.63) is 51.9 Å². The molecule has 144 valence electrons. The van der Waals surface area contributed by atoms with Crippen LogP contribution in [0.25, 0.3) is 0 Å². The Bertz CT molecular complexity index is 874. The van der Waals surface area contributed by atoms with Gasteiger partial charge in [0.25, 0.3) is 11.5 Å². The van der Waals surface area contributed by atoms with E-state index < -0.39 is 0 Å². The van der Waals surface area contributed by atoms with E-state index in [1.54, 1.807) is 19.1 Å². The molecule has 7 heteroatoms. The second-order valence-corrected chi connectivity index (χ2v) is 6.62. The Balaban J connectivity index is 1.90. The molecule has 0 aliphatic heterocycles. The molecule has 2 aromatic rings. The van der Waals surface area contributed by atoms with Crippen molar-refractivity contribution in [3.8, 4) is 11.5 Å². The van der Waals surface area contributed by atoms with Gasteiger partial charge in [0, 0.05) is 24.2 Å². The summed E-state index contributed by atoms with van der Waals surface area (Å²) in [7, 11) is 3.22. The standard InChI is InChI=1S/C20H25N3O4/c1-4-11-23-19(24)10-8-17(21-23)20(25)22(15-5-6-15)13-14-12-16(26-2)7-9-18(14)27-3/h7-10,12,15H,4-6,11,13H2,1-3H3. The van der Waals surface area contributed by atoms with Crippen molar-refractivity contribution in [1.82, 2.24) is 14.7 Å². The monoisotopic (exact) mass is 371 g/mol. The van der Waals surface area contributed by atoms with Crippen LogP contribution in [-0.2, 0) is 13.1 Å². The summed E-state index contributed by atoms with van der Waals surface area (Å²) in [6.07, 6.45) is 2.71. The van der Waals surface area contributed by atoms with Crippen LogP contribution in [0.1, 0.15) is 42.2 Å². The zero-order valence-electron chi connectivity index (χ0n) is 16.0. The summed E-state index contributed by atoms with van der Waals surface area (Å²) in [5.74, 6) is 1.24. The van der Waals surface area contributed by atoms with Crippen molar-refractivity contribution in [2.75, 3.05) is 14.2 Å². The second kappa shape index (κ2) is 8.24. The number of hydrogen-bond donors (Lipinski definition) is 0. The number of ether oxygens (including phenoxy) is 2. The number of carbonyl (C=O) groups excluding carboxylic acids is 1. The summed E-state index contributed by atoms with van der Waals surface area (Å²) in [6.45, 7) is 2.86. The molecule has 0 spiro atoms. The molecule has 7 nitrogen and oxygen atoms in total. The molecule has 1 aliphatic carbocycles. The molecule has 1 fully saturated rings. The van der Waals surface area contributed by atoms with Crippen molar-refractivity contribution in [3.63, 3.8) is 0 Å². The molecular weight excluding hydrogens is 346 g/mol. The number of hydrogen-bond acceptors (Lipinski definition) is 5. The predicted molar refractivity (Wildman–Crippen MR) is 101 cm³/mol. The van der Waals surface area contributed by atoms with Crippen molar-refractivity contribution in [1.29, 1.82) is 0 Å². The molecule has 0 N–H and O–H groups in total. The molecule has 1 aromatic carbocycles. The lowest BCUT2D eigenvalue weighted by Crippen LogP contribution is -2.35. The number of aryl methyl sites for hydroxylation is 1. The van der Waals surface area contributed by atoms with Gasteiger partial charge in [-0.1, -0.05) is 6.92 Å². The largest absolute Gasteiger partial charge is 0.497 e. The van der Waals surface area contributed by atoms with Crippen molar-refractivity contribution in [2.24, 2.45) is 0 Å². The molecule has 0 radical (unpaired) electrons. The summed E-state index contributed by atoms with van der Waals surface area (Å²) < 4.78 is 12.1. The predicted octanol–water partition coefficient (Wildman–Crippen LogP) is 2.48. The molecule has 0 bridgehead atoms. The molecule has 1 heterocycles. The van der Waals surface area contributed by atoms with E-state index >= 15 is 0 Å². The van der Waals surface area contributed by atoms with Gasteiger partial charge >= 0.3 is 0 Å². The quantitative estimate of drug-likeness (QED) is 0.713. The first-order chi connectivity index (χ1) is 13.1. The average Bonchev–Trinajstić information content (AvgIpc) is 3.52. The summed E-state index contributed by atoms with van der Waals surface area (Å²) in [5, 5.41) is 4.27. The summed E-state index contributed by atoms with van der Waals surface area (Å²) in [4.78, 5) is 26.8. The van der Waals surface area contributed by atoms with Gasteiger partial charge in [0.2, 0.25) is 0 Å². The van der Waals surface area contributed by atoms with E-state index in [1.807, 2.05) is 25.1 Å². The summed E-state index contributed by atoms with van der Waals surface area (Å²) in [5.41, 5.74) is 0.969. The molecule has 0 saturated heterocycles. The fourth-order valence-corrected chi connectivity index (χ4v) is 3.02. The van der Waals surface area contributed by atoms with Crippen molar-refractivity contribution >= 4 is 5.91 Å². The third-order valence-corrected chi connectivity index (χ3v) is 4.60. The zero-order valence-corrected chi connectivity index (χ0v) is 16.0. The first-order valence-corrected chi connectivity index (χ1v) is 9.17. The number of amides is 1. The van der Waals surface area contributed by atoms with Crippen LogP contribution < -0.4 is 15.0 Å². The third-order valence-electron chi connectivity index (χ3n) is 4.60. The van der Waals surface area contributed by atoms with Crippen molar-refractivity contribution in [2.45, 2.75) is 45.3 Å². The third kappa shape index (κ3) is 4.30. The minimum Gasteiger partial charge on any atom is -0.497 e. The van der Waals surface area contributed by atoms with E-state index in [0.29, 0.717) is 24.6 Å². The highest BCUT2D eigenvalue weighted by atomic mass is 16.5. The first-order valence-electron chi connectivity index (χ1n) is 9.17. The molecule has 1 aliphatic rings. The first kappa shape index (κ1) is 18.9. The Morgan fingerprint density at radius 1 is 1.22 bits per heavy atom. The summed E-state index contributed by atoms with van der Waals surface area (Å²) >= 11 is 0. The fourth-order valence-electron chi connectivity index (χ4n) is 3.02. The molecular formula is C20H25N3O4. The van der Waals surface area contributed by atoms with Crippen LogP contribution in [0, 0.1) is 0 Å². The van der Waals surface area contributed by atoms with Crippen LogP contribution in [0.3, 0.4) is 0 Å². The Morgan fingerprint density at radius 3 is 2.63 bits per heavy atom. The molecule has 0 unspecified atom stereocenters. The lowest BCUT2D eigenvalue weighted by molar-refractivity contribution is 0.0719. The number of carbonyl (C=O) groups is 1. The van der Waals surface area contributed by atoms with Crippen LogP contribution in [0.2, 0.25) is 0 Å². The molecule has 0 atom stereocenters. The molecule has 3 rings (SSSR count). The number of methoxy groups -OCH3 is 2. The average molecular weight is 371 g/mol. The van der Waals surface area contributed by atoms with Crippen LogP contribution in [0.15, 0.2) is 35.1 Å². The van der Waals surface area contributed by atoms with Gasteiger partial charge in [-0.05, 0) is 43.5 Å². The lowest BCUT2D eigenvalue weighted by atomic mass is 10.1. The van der Waals surface area contributed by atoms with Gasteiger partial charge in [0.15, 0.2) is 0 Å². The highest BCUT2D eigenvalue weighted by Crippen LogP contribution is 2.32. The SMILES string of the molecule is CCCn1nc(C(=O)N(Cc2cc(OC)ccc2OC)C2CC2)ccc1=O. The number of aromatic nitrogens is 2. The van der Waals surface area contributed by atoms with E-state index in [2.05, 4.69) is 5.10 Å². The number of benzene rings is 1. The van der Waals surface area contributed by atoms with Crippen LogP contribution in [-0.4, -0.2) is 40.8 Å². The Labute approximate surface area is 158 Å². The number of nitrogens with zero attached hydrogens (tertiary/aromatic N) is 3. The maximum Gasteiger partial charge on any atom is 0.274 e. The minimum atomic E-state index is -0.194. The Morgan fingerprint density at radius 2 is 2.00 bits per heavy atom. The Kier molecular flexibility index (Phi) is 5.78. The van der Waals surface area contributed by atoms with Gasteiger partial charge in [-0.25, -0.2) is 4.68 Å². The van der Waals surface area contributed by atoms with Gasteiger partial charge in [0.05, 0.1) is 20.8 Å². The van der Waals surface area contributed by atoms with E-state index in [1.165, 1.54) is 16.8 Å². The minimum absolute atomic E-state index is 0.174. The molecule has 27 heavy (non-hydrogen) atoms. The topological polar surface area (TPSA) is 73.7 Å². The van der Waals surface area contributed by atoms with E-state index in [9.17, 15) is 9.59 Å². The normalized spacial score (nSPS) is 13.3. The maximum absolute atomic E-state index is 13.1. The van der Waals surface area contributed by atoms with Crippen LogP contribution in [0.5, 0.6) is 11.5 Å². The van der Waals surface area contributed by atoms with Crippen LogP contribution in [0.4, 0.5) is 0 Å². The maximum atomic E-state index is 13.1. The van der Waals surface area contributed by atoms with E-state index in [-0.39, 0.29) is 23.2 Å². The smallest absolute Gasteiger partial charge is 0.274 e. The highest BCUT2D eigenvalue weighted by Gasteiger charge is 2.34. The molecule has 1 amide bonds. The van der Waals surface area contributed by atoms with E-state index in [0.717, 1.165) is 24.8 Å². The molecule has 1 saturated carbocycles. The molecule has 1 aromatic heterocycles. The van der Waals surface area contributed by atoms with Crippen molar-refractivity contribution < 1.29 is 14.3 Å².